The Labute approximate surface area is 253 Å². The molecule has 43 heavy (non-hydrogen) atoms. The molecule has 0 radical (unpaired) electrons. The number of aliphatic hydroxyl groups excluding tert-OH is 1. The van der Waals surface area contributed by atoms with Gasteiger partial charge in [0.05, 0.1) is 18.3 Å². The molecule has 8 rings (SSSR count). The van der Waals surface area contributed by atoms with E-state index in [1.165, 1.54) is 16.7 Å². The van der Waals surface area contributed by atoms with E-state index in [1.807, 2.05) is 18.7 Å². The number of allylic oxidation sites excluding steroid dienone is 1. The molecule has 0 saturated heterocycles. The predicted molar refractivity (Wildman–Crippen MR) is 170 cm³/mol. The highest BCUT2D eigenvalue weighted by molar-refractivity contribution is 5.91. The van der Waals surface area contributed by atoms with Crippen LogP contribution >= 0.6 is 0 Å². The minimum Gasteiger partial charge on any atom is -0.392 e. The molecule has 220 valence electrons. The summed E-state index contributed by atoms with van der Waals surface area (Å²) in [6, 6.07) is 23.5. The van der Waals surface area contributed by atoms with E-state index in [4.69, 9.17) is 10.1 Å². The third-order valence-corrected chi connectivity index (χ3v) is 10.2. The summed E-state index contributed by atoms with van der Waals surface area (Å²) in [6.07, 6.45) is 11.4. The first-order valence-electron chi connectivity index (χ1n) is 15.5. The second-order valence-electron chi connectivity index (χ2n) is 13.0. The average Bonchev–Trinajstić information content (AvgIpc) is 3.62. The second-order valence-corrected chi connectivity index (χ2v) is 13.0. The normalized spacial score (nSPS) is 23.7. The zero-order valence-electron chi connectivity index (χ0n) is 25.4. The number of aryl methyl sites for hydroxylation is 3. The Morgan fingerprint density at radius 3 is 2.58 bits per heavy atom. The fourth-order valence-electron chi connectivity index (χ4n) is 7.77. The number of pyridine rings is 1. The molecule has 7 heteroatoms. The highest BCUT2D eigenvalue weighted by Crippen LogP contribution is 2.59. The number of benzene rings is 2. The van der Waals surface area contributed by atoms with Crippen LogP contribution in [0.1, 0.15) is 78.6 Å². The van der Waals surface area contributed by atoms with Crippen LogP contribution in [0.2, 0.25) is 0 Å². The van der Waals surface area contributed by atoms with Gasteiger partial charge in [0.1, 0.15) is 5.52 Å². The largest absolute Gasteiger partial charge is 0.392 e. The molecule has 3 saturated carbocycles. The van der Waals surface area contributed by atoms with E-state index in [0.717, 1.165) is 85.2 Å². The number of hydrogen-bond donors (Lipinski definition) is 1. The summed E-state index contributed by atoms with van der Waals surface area (Å²) < 4.78 is 3.75. The van der Waals surface area contributed by atoms with Gasteiger partial charge in [-0.2, -0.15) is 5.10 Å². The molecule has 3 aliphatic carbocycles. The van der Waals surface area contributed by atoms with Gasteiger partial charge in [-0.15, -0.1) is 5.10 Å². The number of aliphatic hydroxyl groups is 1. The van der Waals surface area contributed by atoms with Crippen LogP contribution < -0.4 is 0 Å². The molecule has 2 bridgehead atoms. The zero-order valence-corrected chi connectivity index (χ0v) is 25.4. The summed E-state index contributed by atoms with van der Waals surface area (Å²) in [5.74, 6) is 0. The lowest BCUT2D eigenvalue weighted by Gasteiger charge is -2.56. The van der Waals surface area contributed by atoms with Crippen molar-refractivity contribution in [3.8, 4) is 0 Å². The van der Waals surface area contributed by atoms with E-state index in [1.54, 1.807) is 4.68 Å². The third-order valence-electron chi connectivity index (χ3n) is 10.2. The van der Waals surface area contributed by atoms with Crippen molar-refractivity contribution in [3.05, 3.63) is 113 Å². The van der Waals surface area contributed by atoms with E-state index in [2.05, 4.69) is 96.2 Å². The SMILES string of the molecule is Cc1cccc(Cn2ccc(/C(=C\CCC34CCC(c5ccccc5)(CC3)[C@H](O)C4)c3cc(C)nc4c3nnn4C)n2)c1. The summed E-state index contributed by atoms with van der Waals surface area (Å²) >= 11 is 0. The minimum atomic E-state index is -0.291. The molecule has 7 nitrogen and oxygen atoms in total. The average molecular weight is 573 g/mol. The van der Waals surface area contributed by atoms with Crippen LogP contribution in [0.4, 0.5) is 0 Å². The van der Waals surface area contributed by atoms with Crippen LogP contribution in [0, 0.1) is 19.3 Å². The van der Waals surface area contributed by atoms with Crippen molar-refractivity contribution in [3.63, 3.8) is 0 Å². The molecule has 3 fully saturated rings. The number of nitrogens with zero attached hydrogens (tertiary/aromatic N) is 6. The van der Waals surface area contributed by atoms with E-state index in [-0.39, 0.29) is 16.9 Å². The van der Waals surface area contributed by atoms with Gasteiger partial charge < -0.3 is 5.11 Å². The predicted octanol–water partition coefficient (Wildman–Crippen LogP) is 6.70. The van der Waals surface area contributed by atoms with Gasteiger partial charge in [-0.05, 0) is 87.5 Å². The van der Waals surface area contributed by atoms with Gasteiger partial charge in [-0.25, -0.2) is 9.67 Å². The highest BCUT2D eigenvalue weighted by Gasteiger charge is 2.54. The van der Waals surface area contributed by atoms with Crippen LogP contribution in [0.3, 0.4) is 0 Å². The summed E-state index contributed by atoms with van der Waals surface area (Å²) in [5.41, 5.74) is 9.40. The Bertz CT molecular complexity index is 1790. The van der Waals surface area contributed by atoms with Gasteiger partial charge in [0.25, 0.3) is 0 Å². The first kappa shape index (κ1) is 27.7. The summed E-state index contributed by atoms with van der Waals surface area (Å²) in [4.78, 5) is 4.72. The molecule has 2 aromatic carbocycles. The van der Waals surface area contributed by atoms with Crippen LogP contribution in [-0.2, 0) is 19.0 Å². The molecular weight excluding hydrogens is 532 g/mol. The van der Waals surface area contributed by atoms with Crippen LogP contribution in [-0.4, -0.2) is 41.0 Å². The maximum atomic E-state index is 11.5. The first-order chi connectivity index (χ1) is 20.8. The third kappa shape index (κ3) is 5.10. The number of fused-ring (bicyclic) bond motifs is 4. The van der Waals surface area contributed by atoms with E-state index in [9.17, 15) is 5.11 Å². The van der Waals surface area contributed by atoms with Crippen LogP contribution in [0.5, 0.6) is 0 Å². The molecule has 5 aromatic rings. The molecule has 1 N–H and O–H groups in total. The Hall–Kier alpha value is -4.10. The Kier molecular flexibility index (Phi) is 7.01. The topological polar surface area (TPSA) is 81.6 Å². The van der Waals surface area contributed by atoms with E-state index < -0.39 is 0 Å². The van der Waals surface area contributed by atoms with Crippen molar-refractivity contribution in [1.82, 2.24) is 29.8 Å². The quantitative estimate of drug-likeness (QED) is 0.224. The molecule has 0 amide bonds. The summed E-state index contributed by atoms with van der Waals surface area (Å²) in [7, 11) is 1.89. The van der Waals surface area contributed by atoms with Gasteiger partial charge in [-0.3, -0.25) is 4.68 Å². The van der Waals surface area contributed by atoms with Crippen molar-refractivity contribution in [1.29, 1.82) is 0 Å². The Morgan fingerprint density at radius 1 is 1.00 bits per heavy atom. The highest BCUT2D eigenvalue weighted by atomic mass is 16.3. The molecule has 0 aliphatic heterocycles. The molecule has 3 aliphatic rings. The van der Waals surface area contributed by atoms with E-state index in [0.29, 0.717) is 0 Å². The zero-order chi connectivity index (χ0) is 29.6. The Morgan fingerprint density at radius 2 is 1.81 bits per heavy atom. The lowest BCUT2D eigenvalue weighted by Crippen LogP contribution is -2.53. The van der Waals surface area contributed by atoms with Crippen LogP contribution in [0.15, 0.2) is 79.0 Å². The van der Waals surface area contributed by atoms with Gasteiger partial charge in [0, 0.05) is 35.5 Å². The number of aromatic nitrogens is 6. The minimum absolute atomic E-state index is 0.0830. The smallest absolute Gasteiger partial charge is 0.179 e. The van der Waals surface area contributed by atoms with Crippen molar-refractivity contribution < 1.29 is 5.11 Å². The first-order valence-corrected chi connectivity index (χ1v) is 15.5. The van der Waals surface area contributed by atoms with Gasteiger partial charge in [0.2, 0.25) is 0 Å². The lowest BCUT2D eigenvalue weighted by atomic mass is 9.49. The lowest BCUT2D eigenvalue weighted by molar-refractivity contribution is -0.0767. The van der Waals surface area contributed by atoms with Crippen LogP contribution in [0.25, 0.3) is 16.7 Å². The van der Waals surface area contributed by atoms with Crippen molar-refractivity contribution in [2.24, 2.45) is 12.5 Å². The maximum absolute atomic E-state index is 11.5. The number of rotatable bonds is 8. The van der Waals surface area contributed by atoms with Crippen molar-refractivity contribution in [2.45, 2.75) is 76.9 Å². The fourth-order valence-corrected chi connectivity index (χ4v) is 7.77. The molecular formula is C36H40N6O. The maximum Gasteiger partial charge on any atom is 0.179 e. The summed E-state index contributed by atoms with van der Waals surface area (Å²) in [5, 5.41) is 25.3. The Balaban J connectivity index is 1.18. The van der Waals surface area contributed by atoms with E-state index >= 15 is 0 Å². The molecule has 3 aromatic heterocycles. The van der Waals surface area contributed by atoms with Gasteiger partial charge >= 0.3 is 0 Å². The molecule has 0 unspecified atom stereocenters. The number of hydrogen-bond acceptors (Lipinski definition) is 5. The van der Waals surface area contributed by atoms with Crippen molar-refractivity contribution in [2.75, 3.05) is 0 Å². The fraction of sp³-hybridized carbons (Fsp3) is 0.389. The molecule has 3 heterocycles. The molecule has 0 spiro atoms. The molecule has 1 atom stereocenters. The van der Waals surface area contributed by atoms with Crippen molar-refractivity contribution >= 4 is 16.7 Å². The monoisotopic (exact) mass is 572 g/mol. The summed E-state index contributed by atoms with van der Waals surface area (Å²) in [6.45, 7) is 4.86. The van der Waals surface area contributed by atoms with Gasteiger partial charge in [0.15, 0.2) is 5.65 Å². The second kappa shape index (κ2) is 10.9. The van der Waals surface area contributed by atoms with Gasteiger partial charge in [-0.1, -0.05) is 71.5 Å². The standard InChI is InChI=1S/C36H40N6O/c1-25-9-7-10-27(21-25)24-42-20-14-31(39-42)29(30-22-26(2)37-34-33(30)38-40-41(34)3)13-8-15-35-16-18-36(19-17-35,32(43)23-35)28-11-5-4-6-12-28/h4-7,9-14,20-22,32,43H,8,15-19,23-24H2,1-3H3/b29-13-/t32-,35?,36?/m1/s1.